The molecule has 0 saturated carbocycles. The third-order valence-electron chi connectivity index (χ3n) is 2.09. The number of hydrogen-bond donors (Lipinski definition) is 0. The van der Waals surface area contributed by atoms with Crippen LogP contribution in [0.25, 0.3) is 0 Å². The lowest BCUT2D eigenvalue weighted by Gasteiger charge is -2.25. The smallest absolute Gasteiger partial charge is 0 e. The first kappa shape index (κ1) is 13.1. The lowest BCUT2D eigenvalue weighted by Crippen LogP contribution is -2.15. The van der Waals surface area contributed by atoms with Crippen molar-refractivity contribution in [1.82, 2.24) is 0 Å². The van der Waals surface area contributed by atoms with E-state index in [4.69, 9.17) is 0 Å². The van der Waals surface area contributed by atoms with Gasteiger partial charge in [0.1, 0.15) is 0 Å². The van der Waals surface area contributed by atoms with Crippen molar-refractivity contribution in [3.63, 3.8) is 0 Å². The van der Waals surface area contributed by atoms with Gasteiger partial charge in [0.15, 0.2) is 0 Å². The molecule has 0 unspecified atom stereocenters. The van der Waals surface area contributed by atoms with Crippen LogP contribution < -0.4 is 0 Å². The van der Waals surface area contributed by atoms with E-state index in [0.717, 1.165) is 5.92 Å². The lowest BCUT2D eigenvalue weighted by molar-refractivity contribution is 0.254. The molecule has 0 heterocycles. The van der Waals surface area contributed by atoms with Gasteiger partial charge in [-0.25, -0.2) is 0 Å². The summed E-state index contributed by atoms with van der Waals surface area (Å²) in [5.41, 5.74) is 0.509. The summed E-state index contributed by atoms with van der Waals surface area (Å²) in [6, 6.07) is 0. The van der Waals surface area contributed by atoms with Gasteiger partial charge in [0.2, 0.25) is 0 Å². The molecule has 0 bridgehead atoms. The zero-order valence-corrected chi connectivity index (χ0v) is 9.23. The highest BCUT2D eigenvalue weighted by molar-refractivity contribution is 8.07. The molecule has 0 radical (unpaired) electrons. The Morgan fingerprint density at radius 1 is 1.20 bits per heavy atom. The quantitative estimate of drug-likeness (QED) is 0.605. The second-order valence-corrected chi connectivity index (χ2v) is 3.68. The van der Waals surface area contributed by atoms with E-state index in [1.165, 1.54) is 6.42 Å². The van der Waals surface area contributed by atoms with E-state index in [1.807, 2.05) is 0 Å². The molecule has 0 aliphatic heterocycles. The first-order chi connectivity index (χ1) is 4.48. The van der Waals surface area contributed by atoms with E-state index < -0.39 is 0 Å². The van der Waals surface area contributed by atoms with Crippen LogP contribution in [0.1, 0.15) is 41.0 Å². The summed E-state index contributed by atoms with van der Waals surface area (Å²) in [5.74, 6) is 0.850. The van der Waals surface area contributed by atoms with Gasteiger partial charge in [-0.05, 0) is 11.3 Å². The van der Waals surface area contributed by atoms with E-state index in [2.05, 4.69) is 57.0 Å². The van der Waals surface area contributed by atoms with Gasteiger partial charge < -0.3 is 0 Å². The fraction of sp³-hybridized carbons (Fsp3) is 1.00. The Hall–Kier alpha value is 0.440. The zero-order chi connectivity index (χ0) is 8.78. The standard InChI is InChI=1S/C8H18.S2/c1-6-7(2)8(3,4)5;1-2/h7H,6H2,1-5H3;/t7-;/m1./s1. The molecule has 0 N–H and O–H groups in total. The Kier molecular flexibility index (Phi) is 8.06. The van der Waals surface area contributed by atoms with Crippen molar-refractivity contribution in [3.8, 4) is 0 Å². The van der Waals surface area contributed by atoms with Crippen LogP contribution in [0.3, 0.4) is 0 Å². The highest BCUT2D eigenvalue weighted by Crippen LogP contribution is 2.27. The van der Waals surface area contributed by atoms with E-state index in [1.54, 1.807) is 0 Å². The van der Waals surface area contributed by atoms with Crippen LogP contribution in [0.4, 0.5) is 0 Å². The molecule has 0 nitrogen and oxygen atoms in total. The third-order valence-corrected chi connectivity index (χ3v) is 2.09. The molecule has 0 aliphatic rings. The molecule has 0 aliphatic carbocycles. The molecule has 0 amide bonds. The van der Waals surface area contributed by atoms with Crippen molar-refractivity contribution in [1.29, 1.82) is 0 Å². The van der Waals surface area contributed by atoms with Crippen molar-refractivity contribution in [2.75, 3.05) is 0 Å². The van der Waals surface area contributed by atoms with Crippen LogP contribution in [0.2, 0.25) is 0 Å². The summed E-state index contributed by atoms with van der Waals surface area (Å²) in [6.45, 7) is 11.4. The molecule has 0 fully saturated rings. The molecule has 0 aromatic heterocycles. The largest absolute Gasteiger partial charge is 0.0651 e. The minimum Gasteiger partial charge on any atom is -0.0651 e. The van der Waals surface area contributed by atoms with Gasteiger partial charge in [-0.2, -0.15) is 0 Å². The van der Waals surface area contributed by atoms with Gasteiger partial charge in [0.25, 0.3) is 0 Å². The molecule has 1 atom stereocenters. The summed E-state index contributed by atoms with van der Waals surface area (Å²) >= 11 is 7.33. The van der Waals surface area contributed by atoms with Crippen LogP contribution in [0.5, 0.6) is 0 Å². The minimum absolute atomic E-state index is 0.509. The Labute approximate surface area is 75.1 Å². The predicted octanol–water partition coefficient (Wildman–Crippen LogP) is 3.07. The fourth-order valence-corrected chi connectivity index (χ4v) is 0.612. The first-order valence-corrected chi connectivity index (χ1v) is 4.98. The maximum atomic E-state index is 3.67. The molecule has 0 spiro atoms. The maximum absolute atomic E-state index is 3.67. The van der Waals surface area contributed by atoms with Crippen LogP contribution in [-0.2, 0) is 22.4 Å². The molecule has 0 aromatic rings. The summed E-state index contributed by atoms with van der Waals surface area (Å²) in [7, 11) is 0. The summed E-state index contributed by atoms with van der Waals surface area (Å²) in [5, 5.41) is 0. The van der Waals surface area contributed by atoms with E-state index >= 15 is 0 Å². The molecule has 62 valence electrons. The molecular weight excluding hydrogens is 160 g/mol. The molecule has 0 saturated heterocycles. The Bertz CT molecular complexity index is 73.8. The Morgan fingerprint density at radius 2 is 1.50 bits per heavy atom. The van der Waals surface area contributed by atoms with Crippen LogP contribution in [0.15, 0.2) is 0 Å². The van der Waals surface area contributed by atoms with Crippen molar-refractivity contribution < 1.29 is 0 Å². The summed E-state index contributed by atoms with van der Waals surface area (Å²) in [6.07, 6.45) is 1.30. The van der Waals surface area contributed by atoms with Crippen molar-refractivity contribution in [2.45, 2.75) is 41.0 Å². The molecule has 0 rings (SSSR count). The summed E-state index contributed by atoms with van der Waals surface area (Å²) in [4.78, 5) is 0. The van der Waals surface area contributed by atoms with Gasteiger partial charge in [-0.15, -0.1) is 0 Å². The van der Waals surface area contributed by atoms with E-state index in [-0.39, 0.29) is 0 Å². The Morgan fingerprint density at radius 3 is 1.50 bits per heavy atom. The SMILES string of the molecule is CC[C@@H](C)C(C)(C)C.S=S. The van der Waals surface area contributed by atoms with E-state index in [0.29, 0.717) is 5.41 Å². The lowest BCUT2D eigenvalue weighted by atomic mass is 9.81. The fourth-order valence-electron chi connectivity index (χ4n) is 0.612. The number of rotatable bonds is 1. The first-order valence-electron chi connectivity index (χ1n) is 3.65. The van der Waals surface area contributed by atoms with Gasteiger partial charge in [0, 0.05) is 22.4 Å². The van der Waals surface area contributed by atoms with Crippen molar-refractivity contribution >= 4 is 22.4 Å². The van der Waals surface area contributed by atoms with Crippen LogP contribution in [0, 0.1) is 11.3 Å². The van der Waals surface area contributed by atoms with Gasteiger partial charge >= 0.3 is 0 Å². The summed E-state index contributed by atoms with van der Waals surface area (Å²) < 4.78 is 0. The average molecular weight is 178 g/mol. The van der Waals surface area contributed by atoms with Crippen molar-refractivity contribution in [3.05, 3.63) is 0 Å². The van der Waals surface area contributed by atoms with Gasteiger partial charge in [-0.1, -0.05) is 41.0 Å². The molecule has 2 heteroatoms. The van der Waals surface area contributed by atoms with Crippen molar-refractivity contribution in [2.24, 2.45) is 11.3 Å². The third kappa shape index (κ3) is 6.56. The van der Waals surface area contributed by atoms with Crippen LogP contribution in [-0.4, -0.2) is 0 Å². The van der Waals surface area contributed by atoms with Gasteiger partial charge in [0.05, 0.1) is 0 Å². The maximum Gasteiger partial charge on any atom is 0 e. The van der Waals surface area contributed by atoms with Crippen LogP contribution >= 0.6 is 0 Å². The average Bonchev–Trinajstić information content (AvgIpc) is 1.89. The molecule has 10 heavy (non-hydrogen) atoms. The monoisotopic (exact) mass is 178 g/mol. The second-order valence-electron chi connectivity index (χ2n) is 3.68. The Balaban J connectivity index is 0. The highest BCUT2D eigenvalue weighted by Gasteiger charge is 2.16. The minimum atomic E-state index is 0.509. The highest BCUT2D eigenvalue weighted by atomic mass is 32.8. The number of hydrogen-bond acceptors (Lipinski definition) is 2. The van der Waals surface area contributed by atoms with Gasteiger partial charge in [-0.3, -0.25) is 0 Å². The second kappa shape index (κ2) is 6.17. The predicted molar refractivity (Wildman–Crippen MR) is 53.6 cm³/mol. The molecule has 0 aromatic carbocycles. The zero-order valence-electron chi connectivity index (χ0n) is 7.60. The van der Waals surface area contributed by atoms with E-state index in [9.17, 15) is 0 Å². The normalized spacial score (nSPS) is 13.3. The topological polar surface area (TPSA) is 0 Å². The molecular formula is C8H18S2.